The smallest absolute Gasteiger partial charge is 0.327 e. The zero-order chi connectivity index (χ0) is 15.4. The maximum absolute atomic E-state index is 12.1. The summed E-state index contributed by atoms with van der Waals surface area (Å²) in [6, 6.07) is 0.272. The van der Waals surface area contributed by atoms with Gasteiger partial charge in [0.15, 0.2) is 0 Å². The number of piperidine rings is 1. The molecule has 2 rings (SSSR count). The summed E-state index contributed by atoms with van der Waals surface area (Å²) < 4.78 is 5.53. The van der Waals surface area contributed by atoms with Gasteiger partial charge in [0.2, 0.25) is 0 Å². The fourth-order valence-electron chi connectivity index (χ4n) is 2.36. The van der Waals surface area contributed by atoms with Crippen LogP contribution in [0.5, 0.6) is 0 Å². The molecule has 1 aromatic heterocycles. The summed E-state index contributed by atoms with van der Waals surface area (Å²) in [7, 11) is 3.15. The van der Waals surface area contributed by atoms with Crippen molar-refractivity contribution in [3.05, 3.63) is 21.6 Å². The van der Waals surface area contributed by atoms with E-state index in [0.717, 1.165) is 30.6 Å². The molecule has 0 bridgehead atoms. The highest BCUT2D eigenvalue weighted by Crippen LogP contribution is 2.23. The molecule has 2 heterocycles. The normalized spacial score (nSPS) is 18.3. The van der Waals surface area contributed by atoms with Gasteiger partial charge in [0.1, 0.15) is 11.6 Å². The Morgan fingerprint density at radius 3 is 3.05 bits per heavy atom. The van der Waals surface area contributed by atoms with Gasteiger partial charge < -0.3 is 15.0 Å². The van der Waals surface area contributed by atoms with Gasteiger partial charge in [0.05, 0.1) is 19.0 Å². The molecule has 0 saturated carbocycles. The highest BCUT2D eigenvalue weighted by atomic mass is 35.5. The third-order valence-electron chi connectivity index (χ3n) is 3.67. The van der Waals surface area contributed by atoms with Crippen molar-refractivity contribution in [1.29, 1.82) is 0 Å². The standard InChI is InChI=1S/C13H19ClN4O3/c1-17(9-4-3-5-15-6-9)10-7-16-18(8-11(19)21-2)13(20)12(10)14/h7,9,15H,3-6,8H2,1-2H3. The van der Waals surface area contributed by atoms with Gasteiger partial charge in [-0.2, -0.15) is 5.10 Å². The Labute approximate surface area is 127 Å². The molecule has 1 N–H and O–H groups in total. The average molecular weight is 315 g/mol. The van der Waals surface area contributed by atoms with Gasteiger partial charge in [-0.1, -0.05) is 11.6 Å². The van der Waals surface area contributed by atoms with Crippen molar-refractivity contribution >= 4 is 23.3 Å². The number of nitrogens with zero attached hydrogens (tertiary/aromatic N) is 3. The molecule has 1 aliphatic rings. The van der Waals surface area contributed by atoms with E-state index in [4.69, 9.17) is 11.6 Å². The maximum Gasteiger partial charge on any atom is 0.327 e. The minimum Gasteiger partial charge on any atom is -0.468 e. The molecule has 0 aromatic carbocycles. The number of methoxy groups -OCH3 is 1. The summed E-state index contributed by atoms with van der Waals surface area (Å²) in [5, 5.41) is 7.39. The number of carbonyl (C=O) groups is 1. The Hall–Kier alpha value is -1.60. The van der Waals surface area contributed by atoms with Crippen molar-refractivity contribution in [3.63, 3.8) is 0 Å². The Morgan fingerprint density at radius 1 is 1.67 bits per heavy atom. The second-order valence-corrected chi connectivity index (χ2v) is 5.37. The average Bonchev–Trinajstić information content (AvgIpc) is 2.52. The predicted octanol–water partition coefficient (Wildman–Crippen LogP) is 0.258. The van der Waals surface area contributed by atoms with Gasteiger partial charge in [-0.25, -0.2) is 4.68 Å². The fraction of sp³-hybridized carbons (Fsp3) is 0.615. The van der Waals surface area contributed by atoms with Crippen molar-refractivity contribution in [2.45, 2.75) is 25.4 Å². The summed E-state index contributed by atoms with van der Waals surface area (Å²) in [5.41, 5.74) is 0.0895. The zero-order valence-electron chi connectivity index (χ0n) is 12.1. The van der Waals surface area contributed by atoms with Gasteiger partial charge in [-0.3, -0.25) is 9.59 Å². The Bertz CT molecular complexity index is 569. The first-order valence-corrected chi connectivity index (χ1v) is 7.18. The van der Waals surface area contributed by atoms with Crippen LogP contribution in [-0.4, -0.2) is 49.0 Å². The van der Waals surface area contributed by atoms with Gasteiger partial charge in [0, 0.05) is 19.6 Å². The molecular weight excluding hydrogens is 296 g/mol. The van der Waals surface area contributed by atoms with Crippen LogP contribution in [0.4, 0.5) is 5.69 Å². The molecule has 1 atom stereocenters. The van der Waals surface area contributed by atoms with E-state index < -0.39 is 11.5 Å². The quantitative estimate of drug-likeness (QED) is 0.803. The first-order chi connectivity index (χ1) is 10.0. The minimum atomic E-state index is -0.543. The summed E-state index contributed by atoms with van der Waals surface area (Å²) in [4.78, 5) is 25.3. The van der Waals surface area contributed by atoms with E-state index >= 15 is 0 Å². The number of likely N-dealkylation sites (N-methyl/N-ethyl adjacent to an activating group) is 1. The molecule has 1 saturated heterocycles. The van der Waals surface area contributed by atoms with Gasteiger partial charge in [-0.05, 0) is 19.4 Å². The monoisotopic (exact) mass is 314 g/mol. The number of halogens is 1. The van der Waals surface area contributed by atoms with Crippen LogP contribution in [0, 0.1) is 0 Å². The van der Waals surface area contributed by atoms with Crippen molar-refractivity contribution in [1.82, 2.24) is 15.1 Å². The van der Waals surface area contributed by atoms with Crippen LogP contribution in [0.15, 0.2) is 11.0 Å². The summed E-state index contributed by atoms with van der Waals surface area (Å²) >= 11 is 6.15. The van der Waals surface area contributed by atoms with Crippen LogP contribution < -0.4 is 15.8 Å². The number of hydrogen-bond donors (Lipinski definition) is 1. The number of aromatic nitrogens is 2. The molecule has 7 nitrogen and oxygen atoms in total. The van der Waals surface area contributed by atoms with Crippen LogP contribution in [0.25, 0.3) is 0 Å². The molecule has 116 valence electrons. The van der Waals surface area contributed by atoms with Crippen LogP contribution in [0.1, 0.15) is 12.8 Å². The van der Waals surface area contributed by atoms with E-state index in [-0.39, 0.29) is 17.6 Å². The molecule has 1 aromatic rings. The molecule has 0 amide bonds. The molecule has 21 heavy (non-hydrogen) atoms. The van der Waals surface area contributed by atoms with Crippen molar-refractivity contribution in [2.24, 2.45) is 0 Å². The van der Waals surface area contributed by atoms with E-state index in [0.29, 0.717) is 5.69 Å². The lowest BCUT2D eigenvalue weighted by Crippen LogP contribution is -2.45. The zero-order valence-corrected chi connectivity index (χ0v) is 12.9. The highest BCUT2D eigenvalue weighted by molar-refractivity contribution is 6.33. The maximum atomic E-state index is 12.1. The van der Waals surface area contributed by atoms with Crippen LogP contribution in [0.2, 0.25) is 5.02 Å². The molecule has 0 aliphatic carbocycles. The first-order valence-electron chi connectivity index (χ1n) is 6.80. The summed E-state index contributed by atoms with van der Waals surface area (Å²) in [6.07, 6.45) is 3.63. The number of rotatable bonds is 4. The van der Waals surface area contributed by atoms with E-state index in [1.807, 2.05) is 11.9 Å². The fourth-order valence-corrected chi connectivity index (χ4v) is 2.64. The van der Waals surface area contributed by atoms with Gasteiger partial charge in [0.25, 0.3) is 5.56 Å². The minimum absolute atomic E-state index is 0.0713. The molecule has 1 unspecified atom stereocenters. The van der Waals surface area contributed by atoms with Crippen molar-refractivity contribution in [3.8, 4) is 0 Å². The Balaban J connectivity index is 2.23. The lowest BCUT2D eigenvalue weighted by molar-refractivity contribution is -0.141. The lowest BCUT2D eigenvalue weighted by atomic mass is 10.1. The molecular formula is C13H19ClN4O3. The number of anilines is 1. The highest BCUT2D eigenvalue weighted by Gasteiger charge is 2.22. The van der Waals surface area contributed by atoms with Crippen molar-refractivity contribution < 1.29 is 9.53 Å². The van der Waals surface area contributed by atoms with Crippen LogP contribution >= 0.6 is 11.6 Å². The third kappa shape index (κ3) is 3.54. The van der Waals surface area contributed by atoms with E-state index in [1.165, 1.54) is 13.3 Å². The summed E-state index contributed by atoms with van der Waals surface area (Å²) in [5.74, 6) is -0.543. The topological polar surface area (TPSA) is 76.5 Å². The third-order valence-corrected chi connectivity index (χ3v) is 4.03. The number of ether oxygens (including phenoxy) is 1. The molecule has 1 fully saturated rings. The van der Waals surface area contributed by atoms with E-state index in [1.54, 1.807) is 0 Å². The molecule has 1 aliphatic heterocycles. The second kappa shape index (κ2) is 6.91. The largest absolute Gasteiger partial charge is 0.468 e. The Morgan fingerprint density at radius 2 is 2.43 bits per heavy atom. The van der Waals surface area contributed by atoms with Gasteiger partial charge >= 0.3 is 5.97 Å². The molecule has 0 spiro atoms. The number of hydrogen-bond acceptors (Lipinski definition) is 6. The van der Waals surface area contributed by atoms with Crippen LogP contribution in [0.3, 0.4) is 0 Å². The van der Waals surface area contributed by atoms with E-state index in [2.05, 4.69) is 15.2 Å². The first kappa shape index (κ1) is 15.8. The number of nitrogens with one attached hydrogen (secondary N) is 1. The number of carbonyl (C=O) groups excluding carboxylic acids is 1. The van der Waals surface area contributed by atoms with E-state index in [9.17, 15) is 9.59 Å². The SMILES string of the molecule is COC(=O)Cn1ncc(N(C)C2CCCNC2)c(Cl)c1=O. The van der Waals surface area contributed by atoms with Crippen LogP contribution in [-0.2, 0) is 16.1 Å². The Kier molecular flexibility index (Phi) is 5.19. The van der Waals surface area contributed by atoms with Gasteiger partial charge in [-0.15, -0.1) is 0 Å². The van der Waals surface area contributed by atoms with Crippen molar-refractivity contribution in [2.75, 3.05) is 32.1 Å². The second-order valence-electron chi connectivity index (χ2n) is 4.99. The lowest BCUT2D eigenvalue weighted by Gasteiger charge is -2.33. The molecule has 0 radical (unpaired) electrons. The summed E-state index contributed by atoms with van der Waals surface area (Å²) in [6.45, 7) is 1.61. The number of esters is 1. The predicted molar refractivity (Wildman–Crippen MR) is 79.8 cm³/mol. The molecule has 8 heteroatoms.